The van der Waals surface area contributed by atoms with Crippen LogP contribution in [0.2, 0.25) is 0 Å². The first-order valence-corrected chi connectivity index (χ1v) is 15.6. The third-order valence-electron chi connectivity index (χ3n) is 8.43. The Hall–Kier alpha value is -3.39. The monoisotopic (exact) mass is 574 g/mol. The first kappa shape index (κ1) is 30.1. The van der Waals surface area contributed by atoms with E-state index in [0.717, 1.165) is 93.5 Å². The van der Waals surface area contributed by atoms with Gasteiger partial charge in [-0.1, -0.05) is 25.5 Å². The van der Waals surface area contributed by atoms with Crippen molar-refractivity contribution in [1.29, 1.82) is 0 Å². The van der Waals surface area contributed by atoms with Gasteiger partial charge in [0.15, 0.2) is 0 Å². The van der Waals surface area contributed by atoms with E-state index >= 15 is 0 Å². The third-order valence-corrected chi connectivity index (χ3v) is 8.43. The Morgan fingerprint density at radius 2 is 1.69 bits per heavy atom. The fourth-order valence-electron chi connectivity index (χ4n) is 6.07. The molecule has 0 radical (unpaired) electrons. The van der Waals surface area contributed by atoms with Crippen molar-refractivity contribution < 1.29 is 14.3 Å². The minimum absolute atomic E-state index is 0.0212. The number of ether oxygens (including phenoxy) is 2. The average molecular weight is 575 g/mol. The molecule has 1 aromatic carbocycles. The van der Waals surface area contributed by atoms with Crippen LogP contribution in [0.1, 0.15) is 66.2 Å². The molecule has 0 aliphatic carbocycles. The van der Waals surface area contributed by atoms with Crippen LogP contribution in [0.5, 0.6) is 5.75 Å². The highest BCUT2D eigenvalue weighted by Crippen LogP contribution is 2.29. The number of unbranched alkanes of at least 4 members (excludes halogenated alkanes) is 1. The normalized spacial score (nSPS) is 17.5. The maximum atomic E-state index is 13.0. The number of hydrogen-bond acceptors (Lipinski definition) is 6. The van der Waals surface area contributed by atoms with E-state index < -0.39 is 5.60 Å². The van der Waals surface area contributed by atoms with Crippen LogP contribution in [0.15, 0.2) is 53.7 Å². The van der Waals surface area contributed by atoms with Crippen molar-refractivity contribution in [3.05, 3.63) is 59.3 Å². The lowest BCUT2D eigenvalue weighted by molar-refractivity contribution is 0.0156. The van der Waals surface area contributed by atoms with Crippen LogP contribution in [0.4, 0.5) is 4.79 Å². The highest BCUT2D eigenvalue weighted by molar-refractivity contribution is 5.95. The van der Waals surface area contributed by atoms with Crippen LogP contribution in [0, 0.1) is 5.92 Å². The van der Waals surface area contributed by atoms with Crippen LogP contribution in [0.25, 0.3) is 21.9 Å². The summed E-state index contributed by atoms with van der Waals surface area (Å²) < 4.78 is 13.8. The fraction of sp³-hybridized carbons (Fsp3) is 0.559. The Labute approximate surface area is 249 Å². The number of nitrogens with zero attached hydrogens (tertiary/aromatic N) is 4. The number of pyridine rings is 2. The predicted molar refractivity (Wildman–Crippen MR) is 167 cm³/mol. The highest BCUT2D eigenvalue weighted by Gasteiger charge is 2.29. The second-order valence-electron chi connectivity index (χ2n) is 12.9. The van der Waals surface area contributed by atoms with Crippen molar-refractivity contribution in [3.8, 4) is 16.9 Å². The van der Waals surface area contributed by atoms with E-state index in [-0.39, 0.29) is 17.8 Å². The average Bonchev–Trinajstić information content (AvgIpc) is 2.98. The number of aromatic nitrogens is 2. The smallest absolute Gasteiger partial charge is 0.410 e. The van der Waals surface area contributed by atoms with E-state index in [1.54, 1.807) is 12.4 Å². The van der Waals surface area contributed by atoms with Crippen LogP contribution in [-0.2, 0) is 11.3 Å². The summed E-state index contributed by atoms with van der Waals surface area (Å²) in [6.07, 6.45) is 11.5. The summed E-state index contributed by atoms with van der Waals surface area (Å²) in [5.41, 5.74) is 1.68. The molecule has 2 saturated heterocycles. The molecule has 0 N–H and O–H groups in total. The molecule has 0 bridgehead atoms. The van der Waals surface area contributed by atoms with E-state index in [4.69, 9.17) is 9.47 Å². The van der Waals surface area contributed by atoms with E-state index in [0.29, 0.717) is 17.8 Å². The van der Waals surface area contributed by atoms with Crippen molar-refractivity contribution in [3.63, 3.8) is 0 Å². The van der Waals surface area contributed by atoms with Gasteiger partial charge in [-0.15, -0.1) is 0 Å². The SMILES string of the molecule is CCCCn1cc(-c2ccc(OC3CCN(CC4CCN(C(=O)OC(C)(C)C)CC4)CC3)cc2)c2ccncc2c1=O. The number of piperidine rings is 2. The number of aryl methyl sites for hydroxylation is 1. The van der Waals surface area contributed by atoms with E-state index in [9.17, 15) is 9.59 Å². The van der Waals surface area contributed by atoms with Gasteiger partial charge in [-0.25, -0.2) is 4.79 Å². The molecule has 42 heavy (non-hydrogen) atoms. The molecule has 8 heteroatoms. The second kappa shape index (κ2) is 13.3. The number of benzene rings is 1. The summed E-state index contributed by atoms with van der Waals surface area (Å²) in [5.74, 6) is 1.51. The molecule has 2 aliphatic heterocycles. The third kappa shape index (κ3) is 7.51. The summed E-state index contributed by atoms with van der Waals surface area (Å²) in [6, 6.07) is 10.2. The molecule has 0 spiro atoms. The van der Waals surface area contributed by atoms with Gasteiger partial charge < -0.3 is 23.8 Å². The number of carbonyl (C=O) groups is 1. The lowest BCUT2D eigenvalue weighted by Crippen LogP contribution is -2.45. The standard InChI is InChI=1S/C34H46N4O4/c1-5-6-17-38-24-31(29-11-16-35-22-30(29)32(38)39)26-7-9-27(10-8-26)41-28-14-18-36(19-15-28)23-25-12-20-37(21-13-25)33(40)42-34(2,3)4/h7-11,16,22,24-25,28H,5-6,12-15,17-21,23H2,1-4H3. The lowest BCUT2D eigenvalue weighted by atomic mass is 9.95. The number of rotatable bonds is 8. The first-order chi connectivity index (χ1) is 20.2. The number of likely N-dealkylation sites (tertiary alicyclic amines) is 2. The zero-order valence-electron chi connectivity index (χ0n) is 25.7. The molecular formula is C34H46N4O4. The minimum atomic E-state index is -0.447. The molecule has 0 atom stereocenters. The molecule has 2 fully saturated rings. The maximum absolute atomic E-state index is 13.0. The summed E-state index contributed by atoms with van der Waals surface area (Å²) in [5, 5.41) is 1.59. The zero-order valence-corrected chi connectivity index (χ0v) is 25.7. The molecule has 226 valence electrons. The molecule has 1 amide bonds. The van der Waals surface area contributed by atoms with E-state index in [1.165, 1.54) is 0 Å². The van der Waals surface area contributed by atoms with Crippen molar-refractivity contribution in [2.24, 2.45) is 5.92 Å². The topological polar surface area (TPSA) is 76.9 Å². The molecule has 4 heterocycles. The van der Waals surface area contributed by atoms with Gasteiger partial charge in [0.25, 0.3) is 5.56 Å². The van der Waals surface area contributed by atoms with Gasteiger partial charge in [0.1, 0.15) is 17.5 Å². The Morgan fingerprint density at radius 1 is 0.976 bits per heavy atom. The number of hydrogen-bond donors (Lipinski definition) is 0. The van der Waals surface area contributed by atoms with Crippen molar-refractivity contribution in [2.75, 3.05) is 32.7 Å². The van der Waals surface area contributed by atoms with Gasteiger partial charge in [0, 0.05) is 63.4 Å². The van der Waals surface area contributed by atoms with Crippen molar-refractivity contribution in [1.82, 2.24) is 19.4 Å². The number of carbonyl (C=O) groups excluding carboxylic acids is 1. The van der Waals surface area contributed by atoms with Crippen LogP contribution in [0.3, 0.4) is 0 Å². The summed E-state index contributed by atoms with van der Waals surface area (Å²) in [6.45, 7) is 13.3. The molecule has 5 rings (SSSR count). The Morgan fingerprint density at radius 3 is 2.36 bits per heavy atom. The van der Waals surface area contributed by atoms with Gasteiger partial charge in [0.05, 0.1) is 5.39 Å². The Kier molecular flexibility index (Phi) is 9.51. The molecule has 3 aromatic rings. The van der Waals surface area contributed by atoms with Crippen LogP contribution >= 0.6 is 0 Å². The van der Waals surface area contributed by atoms with Gasteiger partial charge in [-0.3, -0.25) is 9.78 Å². The van der Waals surface area contributed by atoms with E-state index in [2.05, 4.69) is 41.1 Å². The highest BCUT2D eigenvalue weighted by atomic mass is 16.6. The number of amides is 1. The largest absolute Gasteiger partial charge is 0.490 e. The summed E-state index contributed by atoms with van der Waals surface area (Å²) in [7, 11) is 0. The second-order valence-corrected chi connectivity index (χ2v) is 12.9. The molecular weight excluding hydrogens is 528 g/mol. The zero-order chi connectivity index (χ0) is 29.7. The van der Waals surface area contributed by atoms with Crippen molar-refractivity contribution in [2.45, 2.75) is 84.5 Å². The molecule has 2 aromatic heterocycles. The van der Waals surface area contributed by atoms with Gasteiger partial charge >= 0.3 is 6.09 Å². The summed E-state index contributed by atoms with van der Waals surface area (Å²) >= 11 is 0. The maximum Gasteiger partial charge on any atom is 0.410 e. The first-order valence-electron chi connectivity index (χ1n) is 15.6. The van der Waals surface area contributed by atoms with Gasteiger partial charge in [0.2, 0.25) is 0 Å². The predicted octanol–water partition coefficient (Wildman–Crippen LogP) is 6.35. The van der Waals surface area contributed by atoms with Crippen LogP contribution < -0.4 is 10.3 Å². The van der Waals surface area contributed by atoms with Gasteiger partial charge in [-0.2, -0.15) is 0 Å². The van der Waals surface area contributed by atoms with Crippen LogP contribution in [-0.4, -0.2) is 69.9 Å². The number of fused-ring (bicyclic) bond motifs is 1. The molecule has 0 unspecified atom stereocenters. The molecule has 8 nitrogen and oxygen atoms in total. The van der Waals surface area contributed by atoms with E-state index in [1.807, 2.05) is 42.5 Å². The lowest BCUT2D eigenvalue weighted by Gasteiger charge is -2.38. The Balaban J connectivity index is 1.13. The Bertz CT molecular complexity index is 1400. The van der Waals surface area contributed by atoms with Gasteiger partial charge in [-0.05, 0) is 87.9 Å². The molecule has 2 aliphatic rings. The fourth-order valence-corrected chi connectivity index (χ4v) is 6.07. The van der Waals surface area contributed by atoms with Crippen molar-refractivity contribution >= 4 is 16.9 Å². The summed E-state index contributed by atoms with van der Waals surface area (Å²) in [4.78, 5) is 34.0. The quantitative estimate of drug-likeness (QED) is 0.312. The minimum Gasteiger partial charge on any atom is -0.490 e. The molecule has 0 saturated carbocycles.